The number of hydrogen-bond donors (Lipinski definition) is 0. The summed E-state index contributed by atoms with van der Waals surface area (Å²) in [6.45, 7) is 0.310. The van der Waals surface area contributed by atoms with Gasteiger partial charge < -0.3 is 4.74 Å². The molecule has 2 atom stereocenters. The summed E-state index contributed by atoms with van der Waals surface area (Å²) in [5.74, 6) is -3.58. The standard InChI is InChI=1S/C14H16F3NO2/c1-20-13(19)11-8-18(9-12(11)14(15,16)17)7-10-5-3-2-4-6-10/h2-6,11-12H,7-9H2,1H3/t11-,12+/m0/s1. The Kier molecular flexibility index (Phi) is 4.32. The predicted octanol–water partition coefficient (Wildman–Crippen LogP) is 2.47. The van der Waals surface area contributed by atoms with Crippen molar-refractivity contribution in [1.82, 2.24) is 4.90 Å². The molecule has 0 aliphatic carbocycles. The maximum absolute atomic E-state index is 13.0. The zero-order chi connectivity index (χ0) is 14.8. The fourth-order valence-electron chi connectivity index (χ4n) is 2.58. The quantitative estimate of drug-likeness (QED) is 0.800. The zero-order valence-electron chi connectivity index (χ0n) is 11.1. The first kappa shape index (κ1) is 14.8. The van der Waals surface area contributed by atoms with E-state index >= 15 is 0 Å². The van der Waals surface area contributed by atoms with E-state index in [1.165, 1.54) is 0 Å². The molecule has 1 aliphatic rings. The smallest absolute Gasteiger partial charge is 0.393 e. The number of benzene rings is 1. The van der Waals surface area contributed by atoms with E-state index in [0.29, 0.717) is 6.54 Å². The van der Waals surface area contributed by atoms with E-state index in [-0.39, 0.29) is 13.1 Å². The molecular weight excluding hydrogens is 271 g/mol. The second-order valence-corrected chi connectivity index (χ2v) is 4.96. The van der Waals surface area contributed by atoms with Crippen LogP contribution in [0.3, 0.4) is 0 Å². The van der Waals surface area contributed by atoms with E-state index in [2.05, 4.69) is 4.74 Å². The minimum Gasteiger partial charge on any atom is -0.469 e. The molecule has 0 radical (unpaired) electrons. The Balaban J connectivity index is 2.09. The average molecular weight is 287 g/mol. The van der Waals surface area contributed by atoms with E-state index < -0.39 is 24.0 Å². The maximum Gasteiger partial charge on any atom is 0.393 e. The van der Waals surface area contributed by atoms with Crippen LogP contribution >= 0.6 is 0 Å². The molecule has 1 aliphatic heterocycles. The number of hydrogen-bond acceptors (Lipinski definition) is 3. The van der Waals surface area contributed by atoms with Gasteiger partial charge in [-0.15, -0.1) is 0 Å². The lowest BCUT2D eigenvalue weighted by atomic mass is 9.96. The Morgan fingerprint density at radius 3 is 2.50 bits per heavy atom. The first-order valence-electron chi connectivity index (χ1n) is 6.32. The fourth-order valence-corrected chi connectivity index (χ4v) is 2.58. The molecule has 1 heterocycles. The molecule has 0 spiro atoms. The van der Waals surface area contributed by atoms with Crippen molar-refractivity contribution in [2.24, 2.45) is 11.8 Å². The lowest BCUT2D eigenvalue weighted by molar-refractivity contribution is -0.189. The Labute approximate surface area is 115 Å². The molecule has 1 aromatic carbocycles. The van der Waals surface area contributed by atoms with Gasteiger partial charge in [0.15, 0.2) is 0 Å². The minimum atomic E-state index is -4.38. The number of esters is 1. The van der Waals surface area contributed by atoms with Crippen molar-refractivity contribution >= 4 is 5.97 Å². The van der Waals surface area contributed by atoms with E-state index in [1.54, 1.807) is 4.90 Å². The number of methoxy groups -OCH3 is 1. The van der Waals surface area contributed by atoms with E-state index in [0.717, 1.165) is 12.7 Å². The topological polar surface area (TPSA) is 29.5 Å². The normalized spacial score (nSPS) is 23.8. The molecule has 6 heteroatoms. The van der Waals surface area contributed by atoms with Gasteiger partial charge in [0.1, 0.15) is 0 Å². The van der Waals surface area contributed by atoms with Gasteiger partial charge in [-0.05, 0) is 5.56 Å². The predicted molar refractivity (Wildman–Crippen MR) is 66.8 cm³/mol. The fraction of sp³-hybridized carbons (Fsp3) is 0.500. The highest BCUT2D eigenvalue weighted by Gasteiger charge is 2.52. The molecular formula is C14H16F3NO2. The van der Waals surface area contributed by atoms with Crippen molar-refractivity contribution in [3.8, 4) is 0 Å². The Morgan fingerprint density at radius 1 is 1.30 bits per heavy atom. The molecule has 2 rings (SSSR count). The third-order valence-corrected chi connectivity index (χ3v) is 3.57. The number of halogens is 3. The van der Waals surface area contributed by atoms with Crippen LogP contribution in [0.25, 0.3) is 0 Å². The van der Waals surface area contributed by atoms with Crippen LogP contribution in [0.5, 0.6) is 0 Å². The van der Waals surface area contributed by atoms with Crippen LogP contribution in [0.15, 0.2) is 30.3 Å². The van der Waals surface area contributed by atoms with Crippen LogP contribution in [-0.4, -0.2) is 37.2 Å². The highest BCUT2D eigenvalue weighted by molar-refractivity contribution is 5.73. The monoisotopic (exact) mass is 287 g/mol. The summed E-state index contributed by atoms with van der Waals surface area (Å²) in [6, 6.07) is 9.24. The van der Waals surface area contributed by atoms with Gasteiger partial charge in [0.25, 0.3) is 0 Å². The van der Waals surface area contributed by atoms with Gasteiger partial charge in [0.2, 0.25) is 0 Å². The second kappa shape index (κ2) is 5.83. The summed E-state index contributed by atoms with van der Waals surface area (Å²) in [7, 11) is 1.12. The summed E-state index contributed by atoms with van der Waals surface area (Å²) < 4.78 is 43.4. The molecule has 110 valence electrons. The van der Waals surface area contributed by atoms with Crippen molar-refractivity contribution in [3.63, 3.8) is 0 Å². The molecule has 1 saturated heterocycles. The summed E-state index contributed by atoms with van der Waals surface area (Å²) in [5.41, 5.74) is 0.930. The highest BCUT2D eigenvalue weighted by Crippen LogP contribution is 2.38. The lowest BCUT2D eigenvalue weighted by Crippen LogP contribution is -2.34. The summed E-state index contributed by atoms with van der Waals surface area (Å²) >= 11 is 0. The third-order valence-electron chi connectivity index (χ3n) is 3.57. The summed E-state index contributed by atoms with van der Waals surface area (Å²) in [5, 5.41) is 0. The van der Waals surface area contributed by atoms with Gasteiger partial charge in [0.05, 0.1) is 18.9 Å². The lowest BCUT2D eigenvalue weighted by Gasteiger charge is -2.19. The van der Waals surface area contributed by atoms with E-state index in [9.17, 15) is 18.0 Å². The van der Waals surface area contributed by atoms with E-state index in [4.69, 9.17) is 0 Å². The van der Waals surface area contributed by atoms with Gasteiger partial charge in [-0.2, -0.15) is 13.2 Å². The van der Waals surface area contributed by atoms with Gasteiger partial charge in [-0.25, -0.2) is 0 Å². The number of rotatable bonds is 3. The summed E-state index contributed by atoms with van der Waals surface area (Å²) in [6.07, 6.45) is -4.38. The SMILES string of the molecule is COC(=O)[C@H]1CN(Cc2ccccc2)C[C@H]1C(F)(F)F. The van der Waals surface area contributed by atoms with Gasteiger partial charge in [-0.3, -0.25) is 9.69 Å². The molecule has 0 N–H and O–H groups in total. The maximum atomic E-state index is 13.0. The van der Waals surface area contributed by atoms with E-state index in [1.807, 2.05) is 30.3 Å². The van der Waals surface area contributed by atoms with Crippen LogP contribution in [-0.2, 0) is 16.1 Å². The molecule has 1 fully saturated rings. The number of carbonyl (C=O) groups is 1. The first-order chi connectivity index (χ1) is 9.41. The van der Waals surface area contributed by atoms with Gasteiger partial charge in [0, 0.05) is 19.6 Å². The minimum absolute atomic E-state index is 0.0751. The highest BCUT2D eigenvalue weighted by atomic mass is 19.4. The molecule has 0 aromatic heterocycles. The summed E-state index contributed by atoms with van der Waals surface area (Å²) in [4.78, 5) is 13.2. The van der Waals surface area contributed by atoms with Gasteiger partial charge in [-0.1, -0.05) is 30.3 Å². The molecule has 0 saturated carbocycles. The third kappa shape index (κ3) is 3.30. The second-order valence-electron chi connectivity index (χ2n) is 4.96. The largest absolute Gasteiger partial charge is 0.469 e. The number of carbonyl (C=O) groups excluding carboxylic acids is 1. The van der Waals surface area contributed by atoms with Crippen molar-refractivity contribution in [1.29, 1.82) is 0 Å². The molecule has 0 amide bonds. The van der Waals surface area contributed by atoms with Crippen molar-refractivity contribution in [2.75, 3.05) is 20.2 Å². The number of nitrogens with zero attached hydrogens (tertiary/aromatic N) is 1. The van der Waals surface area contributed by atoms with Crippen LogP contribution in [0.1, 0.15) is 5.56 Å². The van der Waals surface area contributed by atoms with Crippen molar-refractivity contribution in [2.45, 2.75) is 12.7 Å². The number of alkyl halides is 3. The first-order valence-corrected chi connectivity index (χ1v) is 6.32. The Hall–Kier alpha value is -1.56. The van der Waals surface area contributed by atoms with Gasteiger partial charge >= 0.3 is 12.1 Å². The van der Waals surface area contributed by atoms with Crippen LogP contribution in [0.4, 0.5) is 13.2 Å². The molecule has 0 unspecified atom stereocenters. The molecule has 20 heavy (non-hydrogen) atoms. The van der Waals surface area contributed by atoms with Crippen LogP contribution in [0, 0.1) is 11.8 Å². The Morgan fingerprint density at radius 2 is 1.95 bits per heavy atom. The number of likely N-dealkylation sites (tertiary alicyclic amines) is 1. The van der Waals surface area contributed by atoms with Crippen molar-refractivity contribution in [3.05, 3.63) is 35.9 Å². The average Bonchev–Trinajstić information content (AvgIpc) is 2.83. The molecule has 0 bridgehead atoms. The van der Waals surface area contributed by atoms with Crippen LogP contribution in [0.2, 0.25) is 0 Å². The molecule has 3 nitrogen and oxygen atoms in total. The zero-order valence-corrected chi connectivity index (χ0v) is 11.1. The molecule has 1 aromatic rings. The van der Waals surface area contributed by atoms with Crippen molar-refractivity contribution < 1.29 is 22.7 Å². The van der Waals surface area contributed by atoms with Crippen LogP contribution < -0.4 is 0 Å². The Bertz CT molecular complexity index is 461. The number of ether oxygens (including phenoxy) is 1.